The largest absolute Gasteiger partial charge is 0.393 e. The third kappa shape index (κ3) is 23.9. The second-order valence-corrected chi connectivity index (χ2v) is 10.1. The van der Waals surface area contributed by atoms with Crippen LogP contribution < -0.4 is 0 Å². The summed E-state index contributed by atoms with van der Waals surface area (Å²) in [4.78, 5) is 0. The van der Waals surface area contributed by atoms with Gasteiger partial charge in [0.2, 0.25) is 0 Å². The maximum Gasteiger partial charge on any atom is 0.264 e. The Balaban J connectivity index is 3.14. The number of rotatable bonds is 22. The van der Waals surface area contributed by atoms with Crippen LogP contribution in [0.5, 0.6) is 0 Å². The molecule has 28 heavy (non-hydrogen) atoms. The molecule has 0 spiro atoms. The molecular formula is C23H48O4S. The van der Waals surface area contributed by atoms with Gasteiger partial charge in [-0.15, -0.1) is 0 Å². The van der Waals surface area contributed by atoms with E-state index in [0.717, 1.165) is 12.8 Å². The monoisotopic (exact) mass is 420 g/mol. The van der Waals surface area contributed by atoms with Crippen molar-refractivity contribution in [2.24, 2.45) is 0 Å². The minimum absolute atomic E-state index is 0.137. The van der Waals surface area contributed by atoms with Crippen molar-refractivity contribution in [2.45, 2.75) is 141 Å². The summed E-state index contributed by atoms with van der Waals surface area (Å²) in [6.45, 7) is 2.27. The average molecular weight is 421 g/mol. The highest BCUT2D eigenvalue weighted by molar-refractivity contribution is 7.85. The minimum atomic E-state index is -3.94. The van der Waals surface area contributed by atoms with Gasteiger partial charge in [0.15, 0.2) is 0 Å². The van der Waals surface area contributed by atoms with Gasteiger partial charge in [0.25, 0.3) is 10.1 Å². The second-order valence-electron chi connectivity index (χ2n) is 8.53. The molecule has 0 aliphatic heterocycles. The molecule has 0 heterocycles. The van der Waals surface area contributed by atoms with Gasteiger partial charge in [0, 0.05) is 0 Å². The Morgan fingerprint density at radius 3 is 1.21 bits per heavy atom. The Hall–Kier alpha value is -0.130. The highest BCUT2D eigenvalue weighted by atomic mass is 32.2. The maximum absolute atomic E-state index is 10.6. The van der Waals surface area contributed by atoms with Crippen LogP contribution in [0, 0.1) is 0 Å². The fourth-order valence-corrected chi connectivity index (χ4v) is 4.28. The normalized spacial score (nSPS) is 13.1. The smallest absolute Gasteiger partial charge is 0.264 e. The second kappa shape index (κ2) is 20.2. The topological polar surface area (TPSA) is 74.6 Å². The van der Waals surface area contributed by atoms with Gasteiger partial charge in [-0.25, -0.2) is 0 Å². The van der Waals surface area contributed by atoms with Gasteiger partial charge in [-0.3, -0.25) is 4.55 Å². The number of hydrogen-bond acceptors (Lipinski definition) is 3. The zero-order valence-electron chi connectivity index (χ0n) is 18.5. The van der Waals surface area contributed by atoms with Crippen LogP contribution in [0.3, 0.4) is 0 Å². The van der Waals surface area contributed by atoms with E-state index >= 15 is 0 Å². The maximum atomic E-state index is 10.6. The Bertz CT molecular complexity index is 409. The van der Waals surface area contributed by atoms with Crippen molar-refractivity contribution in [3.63, 3.8) is 0 Å². The molecule has 0 aliphatic carbocycles. The molecule has 1 unspecified atom stereocenters. The van der Waals surface area contributed by atoms with E-state index in [0.29, 0.717) is 6.42 Å². The summed E-state index contributed by atoms with van der Waals surface area (Å²) in [5.74, 6) is -0.340. The Labute approximate surface area is 175 Å². The van der Waals surface area contributed by atoms with Crippen molar-refractivity contribution in [2.75, 3.05) is 5.75 Å². The minimum Gasteiger partial charge on any atom is -0.393 e. The van der Waals surface area contributed by atoms with Crippen LogP contribution in [-0.2, 0) is 10.1 Å². The van der Waals surface area contributed by atoms with Gasteiger partial charge in [0.05, 0.1) is 11.9 Å². The van der Waals surface area contributed by atoms with Gasteiger partial charge in [-0.2, -0.15) is 8.42 Å². The third-order valence-electron chi connectivity index (χ3n) is 5.60. The van der Waals surface area contributed by atoms with Crippen LogP contribution in [-0.4, -0.2) is 29.9 Å². The van der Waals surface area contributed by atoms with E-state index in [-0.39, 0.29) is 12.2 Å². The molecule has 0 fully saturated rings. The molecule has 1 atom stereocenters. The molecule has 0 radical (unpaired) electrons. The van der Waals surface area contributed by atoms with Crippen molar-refractivity contribution in [3.05, 3.63) is 0 Å². The molecule has 2 N–H and O–H groups in total. The number of aliphatic hydroxyl groups is 1. The van der Waals surface area contributed by atoms with Gasteiger partial charge in [-0.05, 0) is 12.8 Å². The van der Waals surface area contributed by atoms with Gasteiger partial charge in [0.1, 0.15) is 0 Å². The van der Waals surface area contributed by atoms with E-state index in [2.05, 4.69) is 6.92 Å². The Morgan fingerprint density at radius 1 is 0.571 bits per heavy atom. The molecule has 0 saturated heterocycles. The first kappa shape index (κ1) is 27.9. The highest BCUT2D eigenvalue weighted by Crippen LogP contribution is 2.15. The van der Waals surface area contributed by atoms with Crippen molar-refractivity contribution in [3.8, 4) is 0 Å². The quantitative estimate of drug-likeness (QED) is 0.145. The van der Waals surface area contributed by atoms with Crippen LogP contribution in [0.25, 0.3) is 0 Å². The lowest BCUT2D eigenvalue weighted by molar-refractivity contribution is 0.156. The van der Waals surface area contributed by atoms with Crippen LogP contribution in [0.2, 0.25) is 0 Å². The van der Waals surface area contributed by atoms with Crippen molar-refractivity contribution >= 4 is 10.1 Å². The lowest BCUT2D eigenvalue weighted by atomic mass is 10.0. The average Bonchev–Trinajstić information content (AvgIpc) is 2.65. The van der Waals surface area contributed by atoms with Crippen LogP contribution >= 0.6 is 0 Å². The molecule has 0 aliphatic rings. The first-order chi connectivity index (χ1) is 13.5. The number of unbranched alkanes of at least 4 members (excludes halogenated alkanes) is 17. The Morgan fingerprint density at radius 2 is 0.893 bits per heavy atom. The van der Waals surface area contributed by atoms with Crippen LogP contribution in [0.4, 0.5) is 0 Å². The van der Waals surface area contributed by atoms with Gasteiger partial charge in [-0.1, -0.05) is 122 Å². The molecule has 0 bridgehead atoms. The summed E-state index contributed by atoms with van der Waals surface area (Å²) in [7, 11) is -3.94. The van der Waals surface area contributed by atoms with Crippen LogP contribution in [0.15, 0.2) is 0 Å². The van der Waals surface area contributed by atoms with E-state index in [1.54, 1.807) is 0 Å². The molecule has 0 aromatic heterocycles. The van der Waals surface area contributed by atoms with Crippen molar-refractivity contribution in [1.82, 2.24) is 0 Å². The summed E-state index contributed by atoms with van der Waals surface area (Å²) in [6.07, 6.45) is 24.2. The summed E-state index contributed by atoms with van der Waals surface area (Å²) < 4.78 is 29.9. The number of aliphatic hydroxyl groups excluding tert-OH is 1. The molecular weight excluding hydrogens is 372 g/mol. The van der Waals surface area contributed by atoms with Gasteiger partial charge >= 0.3 is 0 Å². The molecule has 0 aromatic rings. The van der Waals surface area contributed by atoms with E-state index in [4.69, 9.17) is 4.55 Å². The SMILES string of the molecule is CCCCCCCCCCCCCCCCCCCCC(O)CCS(=O)(=O)O. The zero-order valence-corrected chi connectivity index (χ0v) is 19.4. The summed E-state index contributed by atoms with van der Waals surface area (Å²) in [6, 6.07) is 0. The molecule has 0 amide bonds. The third-order valence-corrected chi connectivity index (χ3v) is 6.35. The summed E-state index contributed by atoms with van der Waals surface area (Å²) in [5.41, 5.74) is 0. The molecule has 4 nitrogen and oxygen atoms in total. The van der Waals surface area contributed by atoms with E-state index < -0.39 is 16.2 Å². The van der Waals surface area contributed by atoms with E-state index in [9.17, 15) is 13.5 Å². The molecule has 170 valence electrons. The fourth-order valence-electron chi connectivity index (χ4n) is 3.71. The number of hydrogen-bond donors (Lipinski definition) is 2. The van der Waals surface area contributed by atoms with E-state index in [1.807, 2.05) is 0 Å². The summed E-state index contributed by atoms with van der Waals surface area (Å²) >= 11 is 0. The fraction of sp³-hybridized carbons (Fsp3) is 1.00. The zero-order chi connectivity index (χ0) is 20.9. The molecule has 0 saturated carbocycles. The summed E-state index contributed by atoms with van der Waals surface area (Å²) in [5, 5.41) is 9.67. The predicted octanol–water partition coefficient (Wildman–Crippen LogP) is 7.06. The molecule has 0 aromatic carbocycles. The molecule has 0 rings (SSSR count). The van der Waals surface area contributed by atoms with Crippen molar-refractivity contribution < 1.29 is 18.1 Å². The first-order valence-corrected chi connectivity index (χ1v) is 13.7. The highest BCUT2D eigenvalue weighted by Gasteiger charge is 2.10. The van der Waals surface area contributed by atoms with E-state index in [1.165, 1.54) is 103 Å². The standard InChI is InChI=1S/C23H48O4S/c1-2-3-4-5-6-7-8-9-10-11-12-13-14-15-16-17-18-19-20-23(24)21-22-28(25,26)27/h23-24H,2-22H2,1H3,(H,25,26,27). The van der Waals surface area contributed by atoms with Crippen molar-refractivity contribution in [1.29, 1.82) is 0 Å². The molecule has 5 heteroatoms. The van der Waals surface area contributed by atoms with Crippen LogP contribution in [0.1, 0.15) is 135 Å². The Kier molecular flexibility index (Phi) is 20.1. The predicted molar refractivity (Wildman–Crippen MR) is 120 cm³/mol. The van der Waals surface area contributed by atoms with Gasteiger partial charge < -0.3 is 5.11 Å². The lowest BCUT2D eigenvalue weighted by Gasteiger charge is -2.09. The first-order valence-electron chi connectivity index (χ1n) is 12.1. The lowest BCUT2D eigenvalue weighted by Crippen LogP contribution is -2.14.